The average molecular weight is 225 g/mol. The van der Waals surface area contributed by atoms with Gasteiger partial charge in [0.05, 0.1) is 6.61 Å². The number of hydrogen-bond acceptors (Lipinski definition) is 3. The Balaban J connectivity index is 2.30. The lowest BCUT2D eigenvalue weighted by molar-refractivity contribution is 0.300. The van der Waals surface area contributed by atoms with Gasteiger partial charge in [0, 0.05) is 4.90 Å². The van der Waals surface area contributed by atoms with Gasteiger partial charge in [0.1, 0.15) is 5.75 Å². The van der Waals surface area contributed by atoms with Crippen LogP contribution >= 0.6 is 11.8 Å². The predicted octanol–water partition coefficient (Wildman–Crippen LogP) is 2.79. The van der Waals surface area contributed by atoms with Crippen LogP contribution in [0.5, 0.6) is 5.75 Å². The Bertz CT molecular complexity index is 278. The van der Waals surface area contributed by atoms with Crippen molar-refractivity contribution in [2.24, 2.45) is 0 Å². The standard InChI is InChI=1S/C12H19NOS/c1-13-9-5-6-10-14-11-7-3-4-8-12(11)15-2/h3-4,7-8,13H,5-6,9-10H2,1-2H3. The third-order valence-corrected chi connectivity index (χ3v) is 2.92. The summed E-state index contributed by atoms with van der Waals surface area (Å²) in [5.41, 5.74) is 0. The molecule has 0 atom stereocenters. The smallest absolute Gasteiger partial charge is 0.132 e. The van der Waals surface area contributed by atoms with Crippen LogP contribution in [0.25, 0.3) is 0 Å². The molecule has 0 bridgehead atoms. The molecule has 1 aromatic carbocycles. The summed E-state index contributed by atoms with van der Waals surface area (Å²) in [6, 6.07) is 8.18. The lowest BCUT2D eigenvalue weighted by atomic mass is 10.3. The van der Waals surface area contributed by atoms with E-state index in [9.17, 15) is 0 Å². The van der Waals surface area contributed by atoms with Crippen molar-refractivity contribution in [2.45, 2.75) is 17.7 Å². The lowest BCUT2D eigenvalue weighted by Gasteiger charge is -2.09. The molecule has 2 nitrogen and oxygen atoms in total. The molecule has 0 aliphatic rings. The molecule has 0 fully saturated rings. The van der Waals surface area contributed by atoms with E-state index in [0.29, 0.717) is 0 Å². The van der Waals surface area contributed by atoms with Crippen LogP contribution in [0.4, 0.5) is 0 Å². The van der Waals surface area contributed by atoms with E-state index < -0.39 is 0 Å². The molecule has 0 saturated carbocycles. The number of para-hydroxylation sites is 1. The van der Waals surface area contributed by atoms with E-state index in [2.05, 4.69) is 17.6 Å². The van der Waals surface area contributed by atoms with Gasteiger partial charge in [-0.2, -0.15) is 0 Å². The highest BCUT2D eigenvalue weighted by atomic mass is 32.2. The van der Waals surface area contributed by atoms with Crippen LogP contribution in [0, 0.1) is 0 Å². The van der Waals surface area contributed by atoms with Crippen molar-refractivity contribution in [2.75, 3.05) is 26.5 Å². The first kappa shape index (κ1) is 12.4. The molecular weight excluding hydrogens is 206 g/mol. The molecule has 0 aliphatic carbocycles. The van der Waals surface area contributed by atoms with Crippen LogP contribution in [0.1, 0.15) is 12.8 Å². The zero-order valence-electron chi connectivity index (χ0n) is 9.45. The molecule has 1 aromatic rings. The van der Waals surface area contributed by atoms with Crippen LogP contribution in [-0.2, 0) is 0 Å². The fourth-order valence-corrected chi connectivity index (χ4v) is 1.87. The highest BCUT2D eigenvalue weighted by molar-refractivity contribution is 7.98. The number of ether oxygens (including phenoxy) is 1. The molecule has 1 rings (SSSR count). The highest BCUT2D eigenvalue weighted by Crippen LogP contribution is 2.26. The summed E-state index contributed by atoms with van der Waals surface area (Å²) in [7, 11) is 1.98. The van der Waals surface area contributed by atoms with Crippen LogP contribution in [0.2, 0.25) is 0 Å². The van der Waals surface area contributed by atoms with Gasteiger partial charge < -0.3 is 10.1 Å². The van der Waals surface area contributed by atoms with Crippen LogP contribution in [-0.4, -0.2) is 26.5 Å². The molecule has 3 heteroatoms. The topological polar surface area (TPSA) is 21.3 Å². The molecule has 1 N–H and O–H groups in total. The average Bonchev–Trinajstić information content (AvgIpc) is 2.29. The summed E-state index contributed by atoms with van der Waals surface area (Å²) in [6.45, 7) is 1.87. The van der Waals surface area contributed by atoms with Crippen molar-refractivity contribution in [3.8, 4) is 5.75 Å². The second-order valence-corrected chi connectivity index (χ2v) is 4.16. The van der Waals surface area contributed by atoms with Crippen LogP contribution < -0.4 is 10.1 Å². The Labute approximate surface area is 96.4 Å². The fourth-order valence-electron chi connectivity index (χ4n) is 1.32. The van der Waals surface area contributed by atoms with Crippen LogP contribution in [0.15, 0.2) is 29.2 Å². The highest BCUT2D eigenvalue weighted by Gasteiger charge is 2.00. The third kappa shape index (κ3) is 4.58. The first-order valence-corrected chi connectivity index (χ1v) is 6.51. The molecule has 84 valence electrons. The van der Waals surface area contributed by atoms with E-state index >= 15 is 0 Å². The van der Waals surface area contributed by atoms with E-state index in [4.69, 9.17) is 4.74 Å². The van der Waals surface area contributed by atoms with Crippen molar-refractivity contribution in [1.82, 2.24) is 5.32 Å². The molecule has 0 aromatic heterocycles. The van der Waals surface area contributed by atoms with E-state index in [0.717, 1.165) is 31.7 Å². The zero-order valence-corrected chi connectivity index (χ0v) is 10.3. The molecule has 0 radical (unpaired) electrons. The zero-order chi connectivity index (χ0) is 10.9. The third-order valence-electron chi connectivity index (χ3n) is 2.15. The number of benzene rings is 1. The summed E-state index contributed by atoms with van der Waals surface area (Å²) in [5.74, 6) is 1.01. The van der Waals surface area contributed by atoms with Gasteiger partial charge in [-0.3, -0.25) is 0 Å². The van der Waals surface area contributed by atoms with Gasteiger partial charge in [0.25, 0.3) is 0 Å². The maximum Gasteiger partial charge on any atom is 0.132 e. The SMILES string of the molecule is CNCCCCOc1ccccc1SC. The van der Waals surface area contributed by atoms with Gasteiger partial charge in [0.15, 0.2) is 0 Å². The largest absolute Gasteiger partial charge is 0.492 e. The first-order valence-electron chi connectivity index (χ1n) is 5.29. The van der Waals surface area contributed by atoms with Gasteiger partial charge in [-0.25, -0.2) is 0 Å². The summed E-state index contributed by atoms with van der Waals surface area (Å²) >= 11 is 1.73. The summed E-state index contributed by atoms with van der Waals surface area (Å²) in [5, 5.41) is 3.13. The molecule has 0 amide bonds. The molecule has 0 aliphatic heterocycles. The molecule has 15 heavy (non-hydrogen) atoms. The Morgan fingerprint density at radius 2 is 2.07 bits per heavy atom. The van der Waals surface area contributed by atoms with E-state index in [1.807, 2.05) is 25.2 Å². The first-order chi connectivity index (χ1) is 7.38. The van der Waals surface area contributed by atoms with Crippen molar-refractivity contribution < 1.29 is 4.74 Å². The van der Waals surface area contributed by atoms with Gasteiger partial charge in [-0.05, 0) is 44.8 Å². The molecule has 0 saturated heterocycles. The summed E-state index contributed by atoms with van der Waals surface area (Å²) in [6.07, 6.45) is 4.34. The molecule has 0 heterocycles. The minimum Gasteiger partial charge on any atom is -0.492 e. The summed E-state index contributed by atoms with van der Waals surface area (Å²) in [4.78, 5) is 1.21. The molecular formula is C12H19NOS. The maximum atomic E-state index is 5.73. The van der Waals surface area contributed by atoms with E-state index in [-0.39, 0.29) is 0 Å². The fraction of sp³-hybridized carbons (Fsp3) is 0.500. The number of unbranched alkanes of at least 4 members (excludes halogenated alkanes) is 1. The number of rotatable bonds is 7. The Hall–Kier alpha value is -0.670. The monoisotopic (exact) mass is 225 g/mol. The van der Waals surface area contributed by atoms with Crippen molar-refractivity contribution in [3.05, 3.63) is 24.3 Å². The quantitative estimate of drug-likeness (QED) is 0.569. The molecule has 0 spiro atoms. The minimum atomic E-state index is 0.805. The van der Waals surface area contributed by atoms with Gasteiger partial charge in [0.2, 0.25) is 0 Å². The second kappa shape index (κ2) is 7.60. The number of hydrogen-bond donors (Lipinski definition) is 1. The van der Waals surface area contributed by atoms with Gasteiger partial charge in [-0.1, -0.05) is 12.1 Å². The Morgan fingerprint density at radius 3 is 2.80 bits per heavy atom. The summed E-state index contributed by atoms with van der Waals surface area (Å²) < 4.78 is 5.73. The normalized spacial score (nSPS) is 10.3. The van der Waals surface area contributed by atoms with Crippen molar-refractivity contribution >= 4 is 11.8 Å². The Morgan fingerprint density at radius 1 is 1.27 bits per heavy atom. The van der Waals surface area contributed by atoms with E-state index in [1.54, 1.807) is 11.8 Å². The van der Waals surface area contributed by atoms with Gasteiger partial charge >= 0.3 is 0 Å². The number of nitrogens with one attached hydrogen (secondary N) is 1. The van der Waals surface area contributed by atoms with Crippen molar-refractivity contribution in [1.29, 1.82) is 0 Å². The second-order valence-electron chi connectivity index (χ2n) is 3.31. The lowest BCUT2D eigenvalue weighted by Crippen LogP contribution is -2.09. The molecule has 0 unspecified atom stereocenters. The van der Waals surface area contributed by atoms with Gasteiger partial charge in [-0.15, -0.1) is 11.8 Å². The predicted molar refractivity (Wildman–Crippen MR) is 66.9 cm³/mol. The Kier molecular flexibility index (Phi) is 6.28. The van der Waals surface area contributed by atoms with E-state index in [1.165, 1.54) is 4.90 Å². The van der Waals surface area contributed by atoms with Crippen molar-refractivity contribution in [3.63, 3.8) is 0 Å². The number of thioether (sulfide) groups is 1. The maximum absolute atomic E-state index is 5.73. The minimum absolute atomic E-state index is 0.805. The van der Waals surface area contributed by atoms with Crippen LogP contribution in [0.3, 0.4) is 0 Å².